The van der Waals surface area contributed by atoms with Crippen LogP contribution in [0.25, 0.3) is 0 Å². The summed E-state index contributed by atoms with van der Waals surface area (Å²) in [6.07, 6.45) is -0.100. The highest BCUT2D eigenvalue weighted by Crippen LogP contribution is 2.37. The van der Waals surface area contributed by atoms with Gasteiger partial charge in [-0.3, -0.25) is 0 Å². The van der Waals surface area contributed by atoms with Gasteiger partial charge in [-0.2, -0.15) is 0 Å². The molecule has 0 aromatic heterocycles. The Labute approximate surface area is 152 Å². The summed E-state index contributed by atoms with van der Waals surface area (Å²) >= 11 is 0. The second-order valence-corrected chi connectivity index (χ2v) is 12.3. The molecule has 1 aromatic rings. The van der Waals surface area contributed by atoms with E-state index in [2.05, 4.69) is 33.9 Å². The van der Waals surface area contributed by atoms with Crippen LogP contribution in [0.2, 0.25) is 18.1 Å². The van der Waals surface area contributed by atoms with Gasteiger partial charge in [-0.1, -0.05) is 32.9 Å². The van der Waals surface area contributed by atoms with Crippen LogP contribution in [0.1, 0.15) is 32.8 Å². The van der Waals surface area contributed by atoms with Gasteiger partial charge in [-0.25, -0.2) is 4.79 Å². The second-order valence-electron chi connectivity index (χ2n) is 7.58. The zero-order chi connectivity index (χ0) is 19.1. The van der Waals surface area contributed by atoms with E-state index in [-0.39, 0.29) is 11.0 Å². The number of carbonyl (C=O) groups is 1. The Balaban J connectivity index is 2.54. The van der Waals surface area contributed by atoms with Crippen LogP contribution in [0.15, 0.2) is 24.3 Å². The summed E-state index contributed by atoms with van der Waals surface area (Å²) in [5.41, 5.74) is 1.06. The van der Waals surface area contributed by atoms with Crippen LogP contribution in [-0.2, 0) is 25.3 Å². The highest BCUT2D eigenvalue weighted by atomic mass is 28.4. The maximum Gasteiger partial charge on any atom is 0.333 e. The molecular formula is C19H32O5Si. The topological polar surface area (TPSA) is 54.0 Å². The van der Waals surface area contributed by atoms with Gasteiger partial charge in [-0.15, -0.1) is 0 Å². The molecule has 0 aliphatic heterocycles. The zero-order valence-corrected chi connectivity index (χ0v) is 17.5. The van der Waals surface area contributed by atoms with Crippen LogP contribution < -0.4 is 4.74 Å². The Morgan fingerprint density at radius 2 is 1.72 bits per heavy atom. The van der Waals surface area contributed by atoms with Crippen molar-refractivity contribution in [2.45, 2.75) is 58.0 Å². The third-order valence-electron chi connectivity index (χ3n) is 4.66. The Morgan fingerprint density at radius 3 is 2.20 bits per heavy atom. The highest BCUT2D eigenvalue weighted by molar-refractivity contribution is 6.74. The van der Waals surface area contributed by atoms with E-state index < -0.39 is 14.4 Å². The molecule has 142 valence electrons. The molecule has 0 amide bonds. The number of benzene rings is 1. The van der Waals surface area contributed by atoms with Crippen LogP contribution in [0.5, 0.6) is 5.75 Å². The van der Waals surface area contributed by atoms with E-state index in [4.69, 9.17) is 18.6 Å². The van der Waals surface area contributed by atoms with Gasteiger partial charge in [0.25, 0.3) is 0 Å². The maximum atomic E-state index is 12.1. The van der Waals surface area contributed by atoms with Gasteiger partial charge in [0.1, 0.15) is 11.9 Å². The summed E-state index contributed by atoms with van der Waals surface area (Å²) in [5, 5.41) is 0.0310. The molecule has 0 fully saturated rings. The molecule has 0 unspecified atom stereocenters. The Kier molecular flexibility index (Phi) is 8.11. The van der Waals surface area contributed by atoms with Crippen LogP contribution in [-0.4, -0.2) is 41.2 Å². The minimum atomic E-state index is -2.05. The van der Waals surface area contributed by atoms with Gasteiger partial charge >= 0.3 is 5.97 Å². The van der Waals surface area contributed by atoms with Crippen molar-refractivity contribution in [2.24, 2.45) is 0 Å². The van der Waals surface area contributed by atoms with Crippen LogP contribution >= 0.6 is 0 Å². The van der Waals surface area contributed by atoms with Crippen molar-refractivity contribution >= 4 is 14.3 Å². The SMILES string of the molecule is COC(=O)[C@H](CCOCc1ccc(OC)cc1)O[Si](C)(C)C(C)(C)C. The third kappa shape index (κ3) is 6.80. The fourth-order valence-electron chi connectivity index (χ4n) is 1.99. The van der Waals surface area contributed by atoms with Gasteiger partial charge in [0.2, 0.25) is 0 Å². The predicted octanol–water partition coefficient (Wildman–Crippen LogP) is 4.17. The van der Waals surface area contributed by atoms with Crippen molar-refractivity contribution in [3.63, 3.8) is 0 Å². The van der Waals surface area contributed by atoms with Gasteiger partial charge in [0, 0.05) is 6.42 Å². The van der Waals surface area contributed by atoms with E-state index in [0.29, 0.717) is 19.6 Å². The molecule has 1 rings (SSSR count). The summed E-state index contributed by atoms with van der Waals surface area (Å²) in [6.45, 7) is 11.6. The van der Waals surface area contributed by atoms with Crippen molar-refractivity contribution in [1.29, 1.82) is 0 Å². The number of carbonyl (C=O) groups excluding carboxylic acids is 1. The van der Waals surface area contributed by atoms with E-state index in [1.165, 1.54) is 7.11 Å². The van der Waals surface area contributed by atoms with Gasteiger partial charge in [-0.05, 0) is 35.8 Å². The normalized spacial score (nSPS) is 13.4. The maximum absolute atomic E-state index is 12.1. The monoisotopic (exact) mass is 368 g/mol. The van der Waals surface area contributed by atoms with Gasteiger partial charge < -0.3 is 18.6 Å². The van der Waals surface area contributed by atoms with Gasteiger partial charge in [0.15, 0.2) is 8.32 Å². The average Bonchev–Trinajstić information content (AvgIpc) is 2.56. The predicted molar refractivity (Wildman–Crippen MR) is 101 cm³/mol. The summed E-state index contributed by atoms with van der Waals surface area (Å²) < 4.78 is 21.9. The molecule has 1 atom stereocenters. The van der Waals surface area contributed by atoms with Crippen LogP contribution in [0.3, 0.4) is 0 Å². The molecule has 6 heteroatoms. The van der Waals surface area contributed by atoms with Crippen molar-refractivity contribution in [3.05, 3.63) is 29.8 Å². The first-order valence-electron chi connectivity index (χ1n) is 8.57. The molecule has 0 radical (unpaired) electrons. The molecule has 0 spiro atoms. The minimum Gasteiger partial charge on any atom is -0.497 e. The molecule has 0 aliphatic carbocycles. The number of methoxy groups -OCH3 is 2. The Hall–Kier alpha value is -1.37. The Bertz CT molecular complexity index is 534. The molecule has 0 heterocycles. The molecule has 5 nitrogen and oxygen atoms in total. The zero-order valence-electron chi connectivity index (χ0n) is 16.5. The molecule has 1 aromatic carbocycles. The number of hydrogen-bond acceptors (Lipinski definition) is 5. The highest BCUT2D eigenvalue weighted by Gasteiger charge is 2.40. The lowest BCUT2D eigenvalue weighted by Crippen LogP contribution is -2.46. The molecule has 0 bridgehead atoms. The molecule has 0 N–H and O–H groups in total. The fourth-order valence-corrected chi connectivity index (χ4v) is 3.27. The standard InChI is InChI=1S/C19H32O5Si/c1-19(2,3)25(6,7)24-17(18(20)22-5)12-13-23-14-15-8-10-16(21-4)11-9-15/h8-11,17H,12-14H2,1-7H3/t17-/m0/s1. The fraction of sp³-hybridized carbons (Fsp3) is 0.632. The van der Waals surface area contributed by atoms with E-state index >= 15 is 0 Å². The second kappa shape index (κ2) is 9.36. The van der Waals surface area contributed by atoms with Gasteiger partial charge in [0.05, 0.1) is 27.4 Å². The van der Waals surface area contributed by atoms with Crippen molar-refractivity contribution in [3.8, 4) is 5.75 Å². The minimum absolute atomic E-state index is 0.0310. The molecule has 0 aliphatic rings. The summed E-state index contributed by atoms with van der Waals surface area (Å²) in [4.78, 5) is 12.1. The number of ether oxygens (including phenoxy) is 3. The first-order valence-corrected chi connectivity index (χ1v) is 11.5. The summed E-state index contributed by atoms with van der Waals surface area (Å²) in [6, 6.07) is 7.72. The first kappa shape index (κ1) is 21.7. The largest absolute Gasteiger partial charge is 0.497 e. The third-order valence-corrected chi connectivity index (χ3v) is 9.15. The molecule has 0 saturated carbocycles. The van der Waals surface area contributed by atoms with Crippen molar-refractivity contribution in [2.75, 3.05) is 20.8 Å². The summed E-state index contributed by atoms with van der Waals surface area (Å²) in [5.74, 6) is 0.482. The van der Waals surface area contributed by atoms with E-state index in [1.54, 1.807) is 7.11 Å². The first-order chi connectivity index (χ1) is 11.6. The smallest absolute Gasteiger partial charge is 0.333 e. The lowest BCUT2D eigenvalue weighted by Gasteiger charge is -2.38. The van der Waals surface area contributed by atoms with E-state index in [1.807, 2.05) is 24.3 Å². The molecule has 0 saturated heterocycles. The average molecular weight is 369 g/mol. The van der Waals surface area contributed by atoms with Crippen LogP contribution in [0.4, 0.5) is 0 Å². The number of rotatable bonds is 9. The molecule has 25 heavy (non-hydrogen) atoms. The lowest BCUT2D eigenvalue weighted by molar-refractivity contribution is -0.150. The number of esters is 1. The van der Waals surface area contributed by atoms with Crippen LogP contribution in [0, 0.1) is 0 Å². The lowest BCUT2D eigenvalue weighted by atomic mass is 10.2. The van der Waals surface area contributed by atoms with Crippen molar-refractivity contribution in [1.82, 2.24) is 0 Å². The van der Waals surface area contributed by atoms with E-state index in [0.717, 1.165) is 11.3 Å². The van der Waals surface area contributed by atoms with Crippen molar-refractivity contribution < 1.29 is 23.4 Å². The number of hydrogen-bond donors (Lipinski definition) is 0. The summed E-state index contributed by atoms with van der Waals surface area (Å²) in [7, 11) is 0.979. The Morgan fingerprint density at radius 1 is 1.12 bits per heavy atom. The van der Waals surface area contributed by atoms with E-state index in [9.17, 15) is 4.79 Å². The quantitative estimate of drug-likeness (QED) is 0.372. The molecular weight excluding hydrogens is 336 g/mol.